The number of methoxy groups -OCH3 is 1. The number of esters is 1. The van der Waals surface area contributed by atoms with Crippen molar-refractivity contribution in [3.8, 4) is 0 Å². The Morgan fingerprint density at radius 2 is 2.04 bits per heavy atom. The maximum Gasteiger partial charge on any atom is 0.337 e. The number of ether oxygens (including phenoxy) is 1. The Morgan fingerprint density at radius 3 is 2.67 bits per heavy atom. The largest absolute Gasteiger partial charge is 0.465 e. The van der Waals surface area contributed by atoms with Crippen molar-refractivity contribution in [3.05, 3.63) is 29.6 Å². The molecule has 4 rings (SSSR count). The molecule has 8 heteroatoms. The van der Waals surface area contributed by atoms with Gasteiger partial charge in [-0.15, -0.1) is 0 Å². The summed E-state index contributed by atoms with van der Waals surface area (Å²) in [5.74, 6) is 0.730. The van der Waals surface area contributed by atoms with E-state index in [4.69, 9.17) is 9.72 Å². The van der Waals surface area contributed by atoms with Gasteiger partial charge in [0.1, 0.15) is 5.82 Å². The van der Waals surface area contributed by atoms with Crippen LogP contribution in [0.25, 0.3) is 11.0 Å². The fourth-order valence-electron chi connectivity index (χ4n) is 3.94. The smallest absolute Gasteiger partial charge is 0.337 e. The van der Waals surface area contributed by atoms with Gasteiger partial charge in [0.05, 0.1) is 41.3 Å². The van der Waals surface area contributed by atoms with Crippen molar-refractivity contribution in [2.24, 2.45) is 0 Å². The summed E-state index contributed by atoms with van der Waals surface area (Å²) in [5.41, 5.74) is 2.03. The van der Waals surface area contributed by atoms with Gasteiger partial charge in [0.25, 0.3) is 0 Å². The van der Waals surface area contributed by atoms with E-state index in [1.54, 1.807) is 12.1 Å². The van der Waals surface area contributed by atoms with Crippen molar-refractivity contribution in [2.45, 2.75) is 44.0 Å². The first-order valence-electron chi connectivity index (χ1n) is 9.49. The second-order valence-corrected chi connectivity index (χ2v) is 9.85. The van der Waals surface area contributed by atoms with Gasteiger partial charge in [0.2, 0.25) is 0 Å². The lowest BCUT2D eigenvalue weighted by atomic mass is 10.1. The number of carbonyl (C=O) groups is 1. The maximum absolute atomic E-state index is 12.1. The number of imidazole rings is 1. The van der Waals surface area contributed by atoms with E-state index >= 15 is 0 Å². The van der Waals surface area contributed by atoms with Crippen molar-refractivity contribution in [2.75, 3.05) is 26.0 Å². The highest BCUT2D eigenvalue weighted by atomic mass is 32.2. The monoisotopic (exact) mass is 391 g/mol. The van der Waals surface area contributed by atoms with Crippen LogP contribution < -0.4 is 0 Å². The van der Waals surface area contributed by atoms with E-state index in [2.05, 4.69) is 4.90 Å². The quantitative estimate of drug-likeness (QED) is 0.725. The first kappa shape index (κ1) is 18.4. The van der Waals surface area contributed by atoms with Crippen molar-refractivity contribution in [3.63, 3.8) is 0 Å². The fraction of sp³-hybridized carbons (Fsp3) is 0.579. The molecule has 3 heterocycles. The van der Waals surface area contributed by atoms with Crippen LogP contribution in [0.2, 0.25) is 0 Å². The molecule has 146 valence electrons. The third kappa shape index (κ3) is 3.60. The molecule has 2 saturated heterocycles. The second-order valence-electron chi connectivity index (χ2n) is 7.45. The second kappa shape index (κ2) is 7.24. The van der Waals surface area contributed by atoms with Gasteiger partial charge >= 0.3 is 5.97 Å². The Balaban J connectivity index is 1.72. The van der Waals surface area contributed by atoms with Gasteiger partial charge in [-0.1, -0.05) is 6.42 Å². The number of rotatable bonds is 5. The molecule has 0 spiro atoms. The zero-order valence-corrected chi connectivity index (χ0v) is 16.4. The van der Waals surface area contributed by atoms with Crippen LogP contribution in [0.4, 0.5) is 0 Å². The van der Waals surface area contributed by atoms with E-state index in [0.717, 1.165) is 29.9 Å². The first-order valence-corrected chi connectivity index (χ1v) is 11.2. The van der Waals surface area contributed by atoms with Gasteiger partial charge in [-0.25, -0.2) is 18.2 Å². The van der Waals surface area contributed by atoms with Crippen molar-refractivity contribution >= 4 is 26.8 Å². The molecular formula is C19H25N3O4S. The van der Waals surface area contributed by atoms with Crippen LogP contribution >= 0.6 is 0 Å². The number of fused-ring (bicyclic) bond motifs is 1. The molecule has 1 atom stereocenters. The normalized spacial score (nSPS) is 22.5. The molecule has 0 bridgehead atoms. The molecule has 1 aromatic carbocycles. The minimum atomic E-state index is -3.00. The van der Waals surface area contributed by atoms with Gasteiger partial charge in [0, 0.05) is 6.54 Å². The summed E-state index contributed by atoms with van der Waals surface area (Å²) >= 11 is 0. The van der Waals surface area contributed by atoms with E-state index < -0.39 is 15.8 Å². The first-order chi connectivity index (χ1) is 13.0. The molecule has 0 amide bonds. The van der Waals surface area contributed by atoms with Gasteiger partial charge in [-0.3, -0.25) is 4.90 Å². The summed E-state index contributed by atoms with van der Waals surface area (Å²) in [5, 5.41) is -0.364. The summed E-state index contributed by atoms with van der Waals surface area (Å²) in [6.07, 6.45) is 4.31. The highest BCUT2D eigenvalue weighted by Gasteiger charge is 2.36. The topological polar surface area (TPSA) is 81.5 Å². The third-order valence-corrected chi connectivity index (χ3v) is 7.89. The van der Waals surface area contributed by atoms with Crippen LogP contribution in [-0.4, -0.2) is 60.0 Å². The molecule has 2 fully saturated rings. The predicted molar refractivity (Wildman–Crippen MR) is 102 cm³/mol. The number of carbonyl (C=O) groups excluding carboxylic acids is 1. The number of sulfone groups is 1. The lowest BCUT2D eigenvalue weighted by molar-refractivity contribution is 0.0601. The van der Waals surface area contributed by atoms with Crippen LogP contribution in [0.3, 0.4) is 0 Å². The summed E-state index contributed by atoms with van der Waals surface area (Å²) in [6.45, 7) is 3.18. The molecule has 1 unspecified atom stereocenters. The molecule has 27 heavy (non-hydrogen) atoms. The molecule has 0 aliphatic carbocycles. The zero-order chi connectivity index (χ0) is 19.0. The average molecular weight is 391 g/mol. The highest BCUT2D eigenvalue weighted by Crippen LogP contribution is 2.27. The van der Waals surface area contributed by atoms with Crippen LogP contribution in [0.1, 0.15) is 41.9 Å². The minimum absolute atomic E-state index is 0.263. The molecule has 0 saturated carbocycles. The van der Waals surface area contributed by atoms with Crippen LogP contribution in [-0.2, 0) is 27.7 Å². The molecule has 2 aromatic rings. The average Bonchev–Trinajstić information content (AvgIpc) is 3.01. The lowest BCUT2D eigenvalue weighted by Crippen LogP contribution is -2.40. The summed E-state index contributed by atoms with van der Waals surface area (Å²) < 4.78 is 31.0. The van der Waals surface area contributed by atoms with Crippen molar-refractivity contribution < 1.29 is 17.9 Å². The molecule has 0 radical (unpaired) electrons. The SMILES string of the molecule is COC(=O)c1ccc2nc(CN3CCCCC3)n(CC3CCS3(=O)=O)c2c1. The fourth-order valence-corrected chi connectivity index (χ4v) is 5.27. The Labute approximate surface area is 159 Å². The van der Waals surface area contributed by atoms with E-state index in [1.807, 2.05) is 10.6 Å². The summed E-state index contributed by atoms with van der Waals surface area (Å²) in [7, 11) is -1.65. The van der Waals surface area contributed by atoms with E-state index in [9.17, 15) is 13.2 Å². The van der Waals surface area contributed by atoms with E-state index in [-0.39, 0.29) is 11.0 Å². The molecular weight excluding hydrogens is 366 g/mol. The van der Waals surface area contributed by atoms with E-state index in [0.29, 0.717) is 25.1 Å². The summed E-state index contributed by atoms with van der Waals surface area (Å²) in [6, 6.07) is 5.28. The number of aromatic nitrogens is 2. The molecule has 7 nitrogen and oxygen atoms in total. The predicted octanol–water partition coefficient (Wildman–Crippen LogP) is 2.00. The number of piperidine rings is 1. The molecule has 0 N–H and O–H groups in total. The van der Waals surface area contributed by atoms with E-state index in [1.165, 1.54) is 26.4 Å². The Bertz CT molecular complexity index is 961. The number of hydrogen-bond acceptors (Lipinski definition) is 6. The van der Waals surface area contributed by atoms with Gasteiger partial charge < -0.3 is 9.30 Å². The zero-order valence-electron chi connectivity index (χ0n) is 15.6. The van der Waals surface area contributed by atoms with Crippen LogP contribution in [0.15, 0.2) is 18.2 Å². The maximum atomic E-state index is 12.1. The van der Waals surface area contributed by atoms with Gasteiger partial charge in [0.15, 0.2) is 9.84 Å². The Morgan fingerprint density at radius 1 is 1.26 bits per heavy atom. The van der Waals surface area contributed by atoms with Gasteiger partial charge in [-0.2, -0.15) is 0 Å². The third-order valence-electron chi connectivity index (χ3n) is 5.68. The number of nitrogens with zero attached hydrogens (tertiary/aromatic N) is 3. The highest BCUT2D eigenvalue weighted by molar-refractivity contribution is 7.93. The summed E-state index contributed by atoms with van der Waals surface area (Å²) in [4.78, 5) is 19.1. The number of likely N-dealkylation sites (tertiary alicyclic amines) is 1. The lowest BCUT2D eigenvalue weighted by Gasteiger charge is -2.29. The van der Waals surface area contributed by atoms with Gasteiger partial charge in [-0.05, 0) is 50.6 Å². The van der Waals surface area contributed by atoms with Crippen molar-refractivity contribution in [1.29, 1.82) is 0 Å². The van der Waals surface area contributed by atoms with Crippen molar-refractivity contribution in [1.82, 2.24) is 14.5 Å². The Hall–Kier alpha value is -1.93. The number of hydrogen-bond donors (Lipinski definition) is 0. The van der Waals surface area contributed by atoms with Crippen LogP contribution in [0.5, 0.6) is 0 Å². The number of benzene rings is 1. The standard InChI is InChI=1S/C19H25N3O4S/c1-26-19(23)14-5-6-16-17(11-14)22(12-15-7-10-27(15,24)25)18(20-16)13-21-8-3-2-4-9-21/h5-6,11,15H,2-4,7-10,12-13H2,1H3. The minimum Gasteiger partial charge on any atom is -0.465 e. The Kier molecular flexibility index (Phi) is 4.94. The van der Waals surface area contributed by atoms with Crippen LogP contribution in [0, 0.1) is 0 Å². The molecule has 2 aliphatic heterocycles. The molecule has 1 aromatic heterocycles. The molecule has 2 aliphatic rings.